The topological polar surface area (TPSA) is 48.9 Å². The predicted octanol–water partition coefficient (Wildman–Crippen LogP) is 1.49. The largest absolute Gasteiger partial charge is 0.393 e. The molecule has 62 valence electrons. The van der Waals surface area contributed by atoms with Crippen molar-refractivity contribution in [3.8, 4) is 0 Å². The van der Waals surface area contributed by atoms with Crippen LogP contribution in [-0.2, 0) is 6.42 Å². The summed E-state index contributed by atoms with van der Waals surface area (Å²) >= 11 is 3.34. The van der Waals surface area contributed by atoms with Crippen molar-refractivity contribution in [3.63, 3.8) is 0 Å². The first-order chi connectivity index (χ1) is 5.20. The summed E-state index contributed by atoms with van der Waals surface area (Å²) in [6.45, 7) is 1.78. The molecule has 0 amide bonds. The number of aromatic amines is 1. The number of hydrogen-bond acceptors (Lipinski definition) is 2. The van der Waals surface area contributed by atoms with E-state index in [0.717, 1.165) is 23.0 Å². The summed E-state index contributed by atoms with van der Waals surface area (Å²) in [7, 11) is 0. The second-order valence-corrected chi connectivity index (χ2v) is 3.44. The lowest BCUT2D eigenvalue weighted by Crippen LogP contribution is -2.01. The SMILES string of the molecule is C[C@@H](O)CCc1[nH]ncc1Br. The Morgan fingerprint density at radius 1 is 1.82 bits per heavy atom. The maximum Gasteiger partial charge on any atom is 0.0632 e. The molecule has 2 N–H and O–H groups in total. The molecule has 0 aliphatic rings. The van der Waals surface area contributed by atoms with Crippen LogP contribution in [0.25, 0.3) is 0 Å². The number of hydrogen-bond donors (Lipinski definition) is 2. The molecule has 0 fully saturated rings. The fourth-order valence-electron chi connectivity index (χ4n) is 0.827. The molecule has 1 aromatic heterocycles. The van der Waals surface area contributed by atoms with E-state index in [4.69, 9.17) is 5.11 Å². The zero-order valence-corrected chi connectivity index (χ0v) is 7.93. The highest BCUT2D eigenvalue weighted by molar-refractivity contribution is 9.10. The summed E-state index contributed by atoms with van der Waals surface area (Å²) in [4.78, 5) is 0. The zero-order valence-electron chi connectivity index (χ0n) is 6.34. The van der Waals surface area contributed by atoms with Gasteiger partial charge in [0.2, 0.25) is 0 Å². The number of aromatic nitrogens is 2. The Kier molecular flexibility index (Phi) is 3.08. The van der Waals surface area contributed by atoms with Crippen molar-refractivity contribution in [2.45, 2.75) is 25.9 Å². The first-order valence-corrected chi connectivity index (χ1v) is 4.35. The number of aliphatic hydroxyl groups is 1. The van der Waals surface area contributed by atoms with Gasteiger partial charge in [-0.15, -0.1) is 0 Å². The van der Waals surface area contributed by atoms with E-state index in [9.17, 15) is 0 Å². The fourth-order valence-corrected chi connectivity index (χ4v) is 1.22. The summed E-state index contributed by atoms with van der Waals surface area (Å²) < 4.78 is 0.984. The summed E-state index contributed by atoms with van der Waals surface area (Å²) in [5, 5.41) is 15.7. The van der Waals surface area contributed by atoms with Gasteiger partial charge in [-0.25, -0.2) is 0 Å². The molecule has 0 unspecified atom stereocenters. The van der Waals surface area contributed by atoms with Gasteiger partial charge in [0, 0.05) is 5.69 Å². The van der Waals surface area contributed by atoms with E-state index in [-0.39, 0.29) is 6.10 Å². The third kappa shape index (κ3) is 2.63. The van der Waals surface area contributed by atoms with Crippen molar-refractivity contribution in [3.05, 3.63) is 16.4 Å². The first-order valence-electron chi connectivity index (χ1n) is 3.56. The lowest BCUT2D eigenvalue weighted by atomic mass is 10.2. The van der Waals surface area contributed by atoms with Gasteiger partial charge in [-0.05, 0) is 35.7 Å². The molecule has 0 radical (unpaired) electrons. The second kappa shape index (κ2) is 3.88. The number of H-pyrrole nitrogens is 1. The molecular weight excluding hydrogens is 208 g/mol. The molecular formula is C7H11BrN2O. The minimum atomic E-state index is -0.245. The molecule has 1 aromatic rings. The molecule has 3 nitrogen and oxygen atoms in total. The van der Waals surface area contributed by atoms with E-state index >= 15 is 0 Å². The van der Waals surface area contributed by atoms with E-state index in [2.05, 4.69) is 26.1 Å². The van der Waals surface area contributed by atoms with Crippen LogP contribution < -0.4 is 0 Å². The Balaban J connectivity index is 2.44. The van der Waals surface area contributed by atoms with Gasteiger partial charge in [0.1, 0.15) is 0 Å². The molecule has 0 aliphatic heterocycles. The van der Waals surface area contributed by atoms with Crippen LogP contribution in [0.4, 0.5) is 0 Å². The van der Waals surface area contributed by atoms with Gasteiger partial charge in [-0.1, -0.05) is 0 Å². The first kappa shape index (κ1) is 8.74. The summed E-state index contributed by atoms with van der Waals surface area (Å²) in [6.07, 6.45) is 3.07. The number of aliphatic hydroxyl groups excluding tert-OH is 1. The van der Waals surface area contributed by atoms with E-state index in [1.165, 1.54) is 0 Å². The number of rotatable bonds is 3. The maximum absolute atomic E-state index is 8.99. The van der Waals surface area contributed by atoms with Crippen LogP contribution in [0, 0.1) is 0 Å². The zero-order chi connectivity index (χ0) is 8.27. The molecule has 0 saturated carbocycles. The fraction of sp³-hybridized carbons (Fsp3) is 0.571. The molecule has 0 aromatic carbocycles. The molecule has 0 saturated heterocycles. The Morgan fingerprint density at radius 2 is 2.55 bits per heavy atom. The molecule has 1 rings (SSSR count). The third-order valence-corrected chi connectivity index (χ3v) is 2.16. The van der Waals surface area contributed by atoms with Crippen LogP contribution in [0.3, 0.4) is 0 Å². The Bertz CT molecular complexity index is 222. The normalized spacial score (nSPS) is 13.4. The van der Waals surface area contributed by atoms with Crippen molar-refractivity contribution in [2.24, 2.45) is 0 Å². The van der Waals surface area contributed by atoms with Crippen LogP contribution >= 0.6 is 15.9 Å². The minimum Gasteiger partial charge on any atom is -0.393 e. The van der Waals surface area contributed by atoms with Crippen molar-refractivity contribution in [1.82, 2.24) is 10.2 Å². The smallest absolute Gasteiger partial charge is 0.0632 e. The number of aryl methyl sites for hydroxylation is 1. The number of nitrogens with one attached hydrogen (secondary N) is 1. The van der Waals surface area contributed by atoms with Gasteiger partial charge in [0.15, 0.2) is 0 Å². The van der Waals surface area contributed by atoms with Crippen molar-refractivity contribution in [2.75, 3.05) is 0 Å². The van der Waals surface area contributed by atoms with E-state index < -0.39 is 0 Å². The van der Waals surface area contributed by atoms with Gasteiger partial charge in [0.25, 0.3) is 0 Å². The van der Waals surface area contributed by atoms with Gasteiger partial charge in [-0.3, -0.25) is 5.10 Å². The van der Waals surface area contributed by atoms with Gasteiger partial charge in [0.05, 0.1) is 16.8 Å². The number of halogens is 1. The molecule has 0 aliphatic carbocycles. The lowest BCUT2D eigenvalue weighted by molar-refractivity contribution is 0.184. The van der Waals surface area contributed by atoms with Crippen LogP contribution in [0.1, 0.15) is 19.0 Å². The van der Waals surface area contributed by atoms with Crippen LogP contribution in [0.5, 0.6) is 0 Å². The molecule has 0 bridgehead atoms. The van der Waals surface area contributed by atoms with Crippen molar-refractivity contribution in [1.29, 1.82) is 0 Å². The summed E-state index contributed by atoms with van der Waals surface area (Å²) in [5.74, 6) is 0. The molecule has 0 spiro atoms. The highest BCUT2D eigenvalue weighted by Crippen LogP contribution is 2.14. The standard InChI is InChI=1S/C7H11BrN2O/c1-5(11)2-3-7-6(8)4-9-10-7/h4-5,11H,2-3H2,1H3,(H,9,10)/t5-/m1/s1. The van der Waals surface area contributed by atoms with Gasteiger partial charge in [-0.2, -0.15) is 5.10 Å². The summed E-state index contributed by atoms with van der Waals surface area (Å²) in [6, 6.07) is 0. The van der Waals surface area contributed by atoms with Crippen LogP contribution in [-0.4, -0.2) is 21.4 Å². The van der Waals surface area contributed by atoms with Crippen molar-refractivity contribution >= 4 is 15.9 Å². The average molecular weight is 219 g/mol. The maximum atomic E-state index is 8.99. The highest BCUT2D eigenvalue weighted by Gasteiger charge is 2.02. The highest BCUT2D eigenvalue weighted by atomic mass is 79.9. The van der Waals surface area contributed by atoms with Crippen LogP contribution in [0.2, 0.25) is 0 Å². The molecule has 11 heavy (non-hydrogen) atoms. The average Bonchev–Trinajstić information content (AvgIpc) is 2.31. The lowest BCUT2D eigenvalue weighted by Gasteiger charge is -2.01. The molecule has 1 atom stereocenters. The van der Waals surface area contributed by atoms with Gasteiger partial charge < -0.3 is 5.11 Å². The Labute approximate surface area is 74.0 Å². The monoisotopic (exact) mass is 218 g/mol. The van der Waals surface area contributed by atoms with Crippen molar-refractivity contribution < 1.29 is 5.11 Å². The van der Waals surface area contributed by atoms with E-state index in [0.29, 0.717) is 0 Å². The van der Waals surface area contributed by atoms with Crippen LogP contribution in [0.15, 0.2) is 10.7 Å². The second-order valence-electron chi connectivity index (χ2n) is 2.58. The number of nitrogens with zero attached hydrogens (tertiary/aromatic N) is 1. The third-order valence-electron chi connectivity index (χ3n) is 1.48. The summed E-state index contributed by atoms with van der Waals surface area (Å²) in [5.41, 5.74) is 1.05. The van der Waals surface area contributed by atoms with E-state index in [1.807, 2.05) is 0 Å². The van der Waals surface area contributed by atoms with E-state index in [1.54, 1.807) is 13.1 Å². The molecule has 4 heteroatoms. The minimum absolute atomic E-state index is 0.245. The molecule has 1 heterocycles. The predicted molar refractivity (Wildman–Crippen MR) is 46.3 cm³/mol. The quantitative estimate of drug-likeness (QED) is 0.808. The van der Waals surface area contributed by atoms with Gasteiger partial charge >= 0.3 is 0 Å². The Morgan fingerprint density at radius 3 is 3.00 bits per heavy atom. The Hall–Kier alpha value is -0.350.